The zero-order valence-corrected chi connectivity index (χ0v) is 12.3. The number of hydrogen-bond donors (Lipinski definition) is 2. The lowest BCUT2D eigenvalue weighted by atomic mass is 9.87. The van der Waals surface area contributed by atoms with Crippen LogP contribution in [0.4, 0.5) is 0 Å². The van der Waals surface area contributed by atoms with E-state index in [4.69, 9.17) is 11.6 Å². The molecule has 0 radical (unpaired) electrons. The van der Waals surface area contributed by atoms with Gasteiger partial charge in [0.25, 0.3) is 0 Å². The molecule has 1 saturated carbocycles. The summed E-state index contributed by atoms with van der Waals surface area (Å²) in [5, 5.41) is 15.7. The first-order valence-corrected chi connectivity index (χ1v) is 7.98. The normalized spacial score (nSPS) is 24.1. The Morgan fingerprint density at radius 2 is 2.42 bits per heavy atom. The van der Waals surface area contributed by atoms with Crippen molar-refractivity contribution in [3.8, 4) is 0 Å². The molecule has 4 nitrogen and oxygen atoms in total. The van der Waals surface area contributed by atoms with Crippen molar-refractivity contribution in [1.29, 1.82) is 0 Å². The van der Waals surface area contributed by atoms with E-state index in [2.05, 4.69) is 10.3 Å². The first kappa shape index (κ1) is 13.4. The average Bonchev–Trinajstić information content (AvgIpc) is 2.92. The second-order valence-electron chi connectivity index (χ2n) is 5.22. The molecule has 0 aromatic carbocycles. The van der Waals surface area contributed by atoms with Gasteiger partial charge in [0.05, 0.1) is 11.8 Å². The third-order valence-corrected chi connectivity index (χ3v) is 4.85. The molecular formula is C13H18ClN3OS. The molecule has 1 aliphatic carbocycles. The van der Waals surface area contributed by atoms with Gasteiger partial charge in [-0.3, -0.25) is 4.40 Å². The number of thiazole rings is 1. The third kappa shape index (κ3) is 2.94. The molecule has 104 valence electrons. The van der Waals surface area contributed by atoms with Crippen LogP contribution >= 0.6 is 22.9 Å². The van der Waals surface area contributed by atoms with Gasteiger partial charge in [0.1, 0.15) is 0 Å². The molecule has 0 bridgehead atoms. The SMILES string of the molecule is OC1CCCC(CNCc2c(Cl)nc3sccn23)C1. The molecule has 0 spiro atoms. The van der Waals surface area contributed by atoms with Crippen LogP contribution in [0.5, 0.6) is 0 Å². The highest BCUT2D eigenvalue weighted by Gasteiger charge is 2.20. The smallest absolute Gasteiger partial charge is 0.195 e. The number of hydrogen-bond acceptors (Lipinski definition) is 4. The summed E-state index contributed by atoms with van der Waals surface area (Å²) >= 11 is 7.74. The molecular weight excluding hydrogens is 282 g/mol. The van der Waals surface area contributed by atoms with E-state index >= 15 is 0 Å². The van der Waals surface area contributed by atoms with Crippen molar-refractivity contribution in [3.63, 3.8) is 0 Å². The number of aliphatic hydroxyl groups excluding tert-OH is 1. The molecule has 1 aliphatic rings. The standard InChI is InChI=1S/C13H18ClN3OS/c14-12-11(17-4-5-19-13(17)16-12)8-15-7-9-2-1-3-10(18)6-9/h4-5,9-10,15,18H,1-3,6-8H2. The van der Waals surface area contributed by atoms with Crippen molar-refractivity contribution in [3.05, 3.63) is 22.4 Å². The van der Waals surface area contributed by atoms with Gasteiger partial charge in [-0.1, -0.05) is 18.0 Å². The summed E-state index contributed by atoms with van der Waals surface area (Å²) in [5.74, 6) is 0.577. The Kier molecular flexibility index (Phi) is 4.07. The second kappa shape index (κ2) is 5.79. The Labute approximate surface area is 121 Å². The molecule has 0 amide bonds. The summed E-state index contributed by atoms with van der Waals surface area (Å²) in [7, 11) is 0. The summed E-state index contributed by atoms with van der Waals surface area (Å²) < 4.78 is 2.04. The van der Waals surface area contributed by atoms with Gasteiger partial charge in [0.2, 0.25) is 0 Å². The Morgan fingerprint density at radius 3 is 3.26 bits per heavy atom. The zero-order valence-electron chi connectivity index (χ0n) is 10.7. The monoisotopic (exact) mass is 299 g/mol. The van der Waals surface area contributed by atoms with Crippen molar-refractivity contribution in [1.82, 2.24) is 14.7 Å². The number of halogens is 1. The second-order valence-corrected chi connectivity index (χ2v) is 6.45. The van der Waals surface area contributed by atoms with Crippen LogP contribution in [0.15, 0.2) is 11.6 Å². The lowest BCUT2D eigenvalue weighted by molar-refractivity contribution is 0.101. The Morgan fingerprint density at radius 1 is 1.53 bits per heavy atom. The summed E-state index contributed by atoms with van der Waals surface area (Å²) in [6.07, 6.45) is 6.11. The van der Waals surface area contributed by atoms with E-state index in [1.54, 1.807) is 11.3 Å². The van der Waals surface area contributed by atoms with Crippen molar-refractivity contribution in [2.75, 3.05) is 6.54 Å². The topological polar surface area (TPSA) is 49.6 Å². The summed E-state index contributed by atoms with van der Waals surface area (Å²) in [6.45, 7) is 1.66. The summed E-state index contributed by atoms with van der Waals surface area (Å²) in [4.78, 5) is 5.26. The molecule has 0 aliphatic heterocycles. The van der Waals surface area contributed by atoms with Crippen LogP contribution in [0.1, 0.15) is 31.4 Å². The molecule has 2 aromatic rings. The van der Waals surface area contributed by atoms with Gasteiger partial charge >= 0.3 is 0 Å². The zero-order chi connectivity index (χ0) is 13.2. The fourth-order valence-electron chi connectivity index (χ4n) is 2.81. The van der Waals surface area contributed by atoms with E-state index < -0.39 is 0 Å². The molecule has 6 heteroatoms. The highest BCUT2D eigenvalue weighted by atomic mass is 35.5. The van der Waals surface area contributed by atoms with Crippen molar-refractivity contribution < 1.29 is 5.11 Å². The molecule has 3 rings (SSSR count). The molecule has 19 heavy (non-hydrogen) atoms. The predicted octanol–water partition coefficient (Wildman–Crippen LogP) is 2.69. The van der Waals surface area contributed by atoms with E-state index in [9.17, 15) is 5.11 Å². The van der Waals surface area contributed by atoms with Crippen LogP contribution in [-0.4, -0.2) is 27.1 Å². The molecule has 2 heterocycles. The minimum absolute atomic E-state index is 0.109. The first-order valence-electron chi connectivity index (χ1n) is 6.72. The predicted molar refractivity (Wildman–Crippen MR) is 77.8 cm³/mol. The van der Waals surface area contributed by atoms with Gasteiger partial charge in [-0.25, -0.2) is 4.98 Å². The van der Waals surface area contributed by atoms with Crippen LogP contribution in [-0.2, 0) is 6.54 Å². The van der Waals surface area contributed by atoms with Gasteiger partial charge in [0, 0.05) is 18.1 Å². The fraction of sp³-hybridized carbons (Fsp3) is 0.615. The molecule has 2 unspecified atom stereocenters. The molecule has 2 atom stereocenters. The maximum absolute atomic E-state index is 9.66. The van der Waals surface area contributed by atoms with Crippen LogP contribution in [0.3, 0.4) is 0 Å². The van der Waals surface area contributed by atoms with E-state index in [1.165, 1.54) is 6.42 Å². The number of aromatic nitrogens is 2. The lowest BCUT2D eigenvalue weighted by Gasteiger charge is -2.25. The number of aliphatic hydroxyl groups is 1. The van der Waals surface area contributed by atoms with E-state index in [1.807, 2.05) is 16.0 Å². The van der Waals surface area contributed by atoms with E-state index in [-0.39, 0.29) is 6.10 Å². The lowest BCUT2D eigenvalue weighted by Crippen LogP contribution is -2.29. The van der Waals surface area contributed by atoms with Crippen molar-refractivity contribution >= 4 is 27.9 Å². The molecule has 0 saturated heterocycles. The molecule has 1 fully saturated rings. The largest absolute Gasteiger partial charge is 0.393 e. The van der Waals surface area contributed by atoms with Crippen LogP contribution in [0.2, 0.25) is 5.15 Å². The maximum Gasteiger partial charge on any atom is 0.195 e. The highest BCUT2D eigenvalue weighted by molar-refractivity contribution is 7.15. The average molecular weight is 300 g/mol. The minimum Gasteiger partial charge on any atom is -0.393 e. The Hall–Kier alpha value is -0.620. The first-order chi connectivity index (χ1) is 9.24. The Bertz CT molecular complexity index is 553. The minimum atomic E-state index is -0.109. The van der Waals surface area contributed by atoms with Gasteiger partial charge in [-0.2, -0.15) is 0 Å². The van der Waals surface area contributed by atoms with Crippen molar-refractivity contribution in [2.24, 2.45) is 5.92 Å². The highest BCUT2D eigenvalue weighted by Crippen LogP contribution is 2.24. The fourth-order valence-corrected chi connectivity index (χ4v) is 3.83. The van der Waals surface area contributed by atoms with Crippen molar-refractivity contribution in [2.45, 2.75) is 38.3 Å². The molecule has 2 aromatic heterocycles. The van der Waals surface area contributed by atoms with E-state index in [0.717, 1.165) is 43.0 Å². The van der Waals surface area contributed by atoms with Crippen LogP contribution < -0.4 is 5.32 Å². The number of fused-ring (bicyclic) bond motifs is 1. The number of nitrogens with one attached hydrogen (secondary N) is 1. The Balaban J connectivity index is 1.57. The summed E-state index contributed by atoms with van der Waals surface area (Å²) in [6, 6.07) is 0. The van der Waals surface area contributed by atoms with Crippen LogP contribution in [0.25, 0.3) is 4.96 Å². The number of imidazole rings is 1. The molecule has 2 N–H and O–H groups in total. The van der Waals surface area contributed by atoms with E-state index in [0.29, 0.717) is 11.1 Å². The van der Waals surface area contributed by atoms with Crippen LogP contribution in [0, 0.1) is 5.92 Å². The number of rotatable bonds is 4. The van der Waals surface area contributed by atoms with Gasteiger partial charge in [-0.15, -0.1) is 11.3 Å². The quantitative estimate of drug-likeness (QED) is 0.912. The maximum atomic E-state index is 9.66. The third-order valence-electron chi connectivity index (χ3n) is 3.79. The summed E-state index contributed by atoms with van der Waals surface area (Å²) in [5.41, 5.74) is 1.02. The van der Waals surface area contributed by atoms with Gasteiger partial charge < -0.3 is 10.4 Å². The number of nitrogens with zero attached hydrogens (tertiary/aromatic N) is 2. The van der Waals surface area contributed by atoms with Gasteiger partial charge in [0.15, 0.2) is 10.1 Å². The van der Waals surface area contributed by atoms with Gasteiger partial charge in [-0.05, 0) is 31.7 Å².